The van der Waals surface area contributed by atoms with Crippen LogP contribution >= 0.6 is 0 Å². The van der Waals surface area contributed by atoms with Gasteiger partial charge in [0.25, 0.3) is 5.91 Å². The van der Waals surface area contributed by atoms with Crippen molar-refractivity contribution in [3.63, 3.8) is 0 Å². The quantitative estimate of drug-likeness (QED) is 0.909. The average molecular weight is 338 g/mol. The van der Waals surface area contributed by atoms with Crippen molar-refractivity contribution in [2.45, 2.75) is 6.10 Å². The molecule has 2 fully saturated rings. The van der Waals surface area contributed by atoms with Crippen LogP contribution < -0.4 is 5.32 Å². The molecule has 1 aromatic carbocycles. The zero-order chi connectivity index (χ0) is 17.2. The number of nitrogens with one attached hydrogen (secondary N) is 1. The Morgan fingerprint density at radius 3 is 2.76 bits per heavy atom. The molecular formula is C18H18N4O3. The van der Waals surface area contributed by atoms with Crippen molar-refractivity contribution in [3.8, 4) is 0 Å². The topological polar surface area (TPSA) is 84.4 Å². The van der Waals surface area contributed by atoms with Crippen LogP contribution in [0.5, 0.6) is 0 Å². The maximum atomic E-state index is 12.6. The van der Waals surface area contributed by atoms with Crippen LogP contribution in [-0.2, 0) is 9.53 Å². The third-order valence-electron chi connectivity index (χ3n) is 4.77. The van der Waals surface area contributed by atoms with Gasteiger partial charge in [-0.2, -0.15) is 0 Å². The number of aromatic nitrogens is 2. The molecular weight excluding hydrogens is 320 g/mol. The van der Waals surface area contributed by atoms with Gasteiger partial charge in [-0.15, -0.1) is 0 Å². The van der Waals surface area contributed by atoms with Crippen LogP contribution in [0, 0.1) is 11.8 Å². The van der Waals surface area contributed by atoms with E-state index in [1.54, 1.807) is 23.2 Å². The molecule has 3 heterocycles. The molecule has 0 bridgehead atoms. The summed E-state index contributed by atoms with van der Waals surface area (Å²) in [6.07, 6.45) is 4.49. The number of nitrogens with zero attached hydrogens (tertiary/aromatic N) is 3. The zero-order valence-electron chi connectivity index (χ0n) is 13.5. The first kappa shape index (κ1) is 15.7. The molecule has 1 N–H and O–H groups in total. The highest BCUT2D eigenvalue weighted by molar-refractivity contribution is 5.95. The van der Waals surface area contributed by atoms with Crippen molar-refractivity contribution in [1.82, 2.24) is 14.9 Å². The Hall–Kier alpha value is -2.80. The van der Waals surface area contributed by atoms with Gasteiger partial charge in [-0.25, -0.2) is 4.98 Å². The van der Waals surface area contributed by atoms with Gasteiger partial charge in [-0.1, -0.05) is 18.2 Å². The molecule has 0 spiro atoms. The van der Waals surface area contributed by atoms with Gasteiger partial charge in [0, 0.05) is 37.0 Å². The van der Waals surface area contributed by atoms with Crippen molar-refractivity contribution in [1.29, 1.82) is 0 Å². The van der Waals surface area contributed by atoms with Gasteiger partial charge in [0.1, 0.15) is 0 Å². The fraction of sp³-hybridized carbons (Fsp3) is 0.333. The number of likely N-dealkylation sites (tertiary alicyclic amines) is 1. The molecule has 2 saturated heterocycles. The normalized spacial score (nSPS) is 24.8. The number of hydrogen-bond acceptors (Lipinski definition) is 5. The fourth-order valence-corrected chi connectivity index (χ4v) is 3.49. The van der Waals surface area contributed by atoms with Crippen LogP contribution in [0.4, 0.5) is 5.82 Å². The number of fused-ring (bicyclic) bond motifs is 1. The smallest absolute Gasteiger partial charge is 0.253 e. The Kier molecular flexibility index (Phi) is 4.15. The van der Waals surface area contributed by atoms with E-state index in [-0.39, 0.29) is 29.8 Å². The number of benzene rings is 1. The molecule has 3 unspecified atom stereocenters. The minimum atomic E-state index is -0.291. The second-order valence-corrected chi connectivity index (χ2v) is 6.30. The maximum Gasteiger partial charge on any atom is 0.253 e. The third-order valence-corrected chi connectivity index (χ3v) is 4.77. The highest BCUT2D eigenvalue weighted by atomic mass is 16.5. The molecule has 128 valence electrons. The van der Waals surface area contributed by atoms with Gasteiger partial charge in [0.05, 0.1) is 24.8 Å². The maximum absolute atomic E-state index is 12.6. The number of anilines is 1. The molecule has 0 radical (unpaired) electrons. The Morgan fingerprint density at radius 2 is 2.00 bits per heavy atom. The van der Waals surface area contributed by atoms with E-state index >= 15 is 0 Å². The van der Waals surface area contributed by atoms with Crippen LogP contribution in [0.3, 0.4) is 0 Å². The fourth-order valence-electron chi connectivity index (χ4n) is 3.49. The molecule has 0 saturated carbocycles. The van der Waals surface area contributed by atoms with E-state index in [1.165, 1.54) is 12.4 Å². The first-order valence-corrected chi connectivity index (χ1v) is 8.25. The second-order valence-electron chi connectivity index (χ2n) is 6.30. The number of hydrogen-bond donors (Lipinski definition) is 1. The first-order valence-electron chi connectivity index (χ1n) is 8.25. The van der Waals surface area contributed by atoms with Crippen LogP contribution in [0.1, 0.15) is 10.4 Å². The Morgan fingerprint density at radius 1 is 1.16 bits per heavy atom. The van der Waals surface area contributed by atoms with Crippen molar-refractivity contribution >= 4 is 17.6 Å². The van der Waals surface area contributed by atoms with Crippen molar-refractivity contribution in [3.05, 3.63) is 54.5 Å². The van der Waals surface area contributed by atoms with Gasteiger partial charge >= 0.3 is 0 Å². The number of carbonyl (C=O) groups excluding carboxylic acids is 2. The third kappa shape index (κ3) is 3.10. The van der Waals surface area contributed by atoms with E-state index in [4.69, 9.17) is 4.74 Å². The summed E-state index contributed by atoms with van der Waals surface area (Å²) in [6, 6.07) is 9.17. The molecule has 3 atom stereocenters. The highest BCUT2D eigenvalue weighted by Crippen LogP contribution is 2.34. The van der Waals surface area contributed by atoms with Crippen molar-refractivity contribution in [2.75, 3.05) is 25.0 Å². The summed E-state index contributed by atoms with van der Waals surface area (Å²) in [5.74, 6) is -0.0234. The van der Waals surface area contributed by atoms with Gasteiger partial charge < -0.3 is 15.0 Å². The number of rotatable bonds is 3. The summed E-state index contributed by atoms with van der Waals surface area (Å²) in [6.45, 7) is 1.42. The molecule has 1 aromatic heterocycles. The van der Waals surface area contributed by atoms with E-state index in [9.17, 15) is 9.59 Å². The number of ether oxygens (including phenoxy) is 1. The van der Waals surface area contributed by atoms with Crippen LogP contribution in [0.15, 0.2) is 48.9 Å². The zero-order valence-corrected chi connectivity index (χ0v) is 13.5. The molecule has 2 aromatic rings. The molecule has 0 aliphatic carbocycles. The van der Waals surface area contributed by atoms with Crippen LogP contribution in [0.25, 0.3) is 0 Å². The van der Waals surface area contributed by atoms with Gasteiger partial charge in [0.2, 0.25) is 5.91 Å². The first-order chi connectivity index (χ1) is 12.2. The van der Waals surface area contributed by atoms with E-state index in [0.29, 0.717) is 31.1 Å². The molecule has 2 aliphatic heterocycles. The van der Waals surface area contributed by atoms with E-state index in [2.05, 4.69) is 15.3 Å². The van der Waals surface area contributed by atoms with E-state index < -0.39 is 0 Å². The highest BCUT2D eigenvalue weighted by Gasteiger charge is 2.48. The molecule has 25 heavy (non-hydrogen) atoms. The monoisotopic (exact) mass is 338 g/mol. The summed E-state index contributed by atoms with van der Waals surface area (Å²) in [7, 11) is 0. The minimum Gasteiger partial charge on any atom is -0.375 e. The van der Waals surface area contributed by atoms with Crippen LogP contribution in [0.2, 0.25) is 0 Å². The molecule has 7 nitrogen and oxygen atoms in total. The summed E-state index contributed by atoms with van der Waals surface area (Å²) in [5.41, 5.74) is 0.656. The SMILES string of the molecule is O=C(Nc1cnccn1)C1COC2CN(C(=O)c3ccccc3)CC21. The lowest BCUT2D eigenvalue weighted by Crippen LogP contribution is -2.34. The van der Waals surface area contributed by atoms with E-state index in [0.717, 1.165) is 0 Å². The number of carbonyl (C=O) groups is 2. The molecule has 2 aliphatic rings. The lowest BCUT2D eigenvalue weighted by Gasteiger charge is -2.19. The lowest BCUT2D eigenvalue weighted by atomic mass is 9.92. The van der Waals surface area contributed by atoms with Crippen molar-refractivity contribution in [2.24, 2.45) is 11.8 Å². The van der Waals surface area contributed by atoms with Gasteiger partial charge in [-0.05, 0) is 12.1 Å². The Bertz CT molecular complexity index is 768. The summed E-state index contributed by atoms with van der Waals surface area (Å²) >= 11 is 0. The molecule has 4 rings (SSSR count). The summed E-state index contributed by atoms with van der Waals surface area (Å²) in [4.78, 5) is 34.9. The van der Waals surface area contributed by atoms with Gasteiger partial charge in [0.15, 0.2) is 5.82 Å². The largest absolute Gasteiger partial charge is 0.375 e. The molecule has 2 amide bonds. The van der Waals surface area contributed by atoms with Gasteiger partial charge in [-0.3, -0.25) is 14.6 Å². The Balaban J connectivity index is 1.43. The van der Waals surface area contributed by atoms with Crippen molar-refractivity contribution < 1.29 is 14.3 Å². The lowest BCUT2D eigenvalue weighted by molar-refractivity contribution is -0.120. The standard InChI is InChI=1S/C18H18N4O3/c23-17(21-16-8-19-6-7-20-16)14-11-25-15-10-22(9-13(14)15)18(24)12-4-2-1-3-5-12/h1-8,13-15H,9-11H2,(H,20,21,23). The summed E-state index contributed by atoms with van der Waals surface area (Å²) < 4.78 is 5.77. The minimum absolute atomic E-state index is 0.00401. The molecule has 7 heteroatoms. The number of amides is 2. The predicted octanol–water partition coefficient (Wildman–Crippen LogP) is 1.20. The van der Waals surface area contributed by atoms with Crippen LogP contribution in [-0.4, -0.2) is 52.5 Å². The second kappa shape index (κ2) is 6.60. The average Bonchev–Trinajstić information content (AvgIpc) is 3.23. The summed E-state index contributed by atoms with van der Waals surface area (Å²) in [5, 5.41) is 2.78. The van der Waals surface area contributed by atoms with E-state index in [1.807, 2.05) is 18.2 Å². The predicted molar refractivity (Wildman–Crippen MR) is 89.7 cm³/mol. The Labute approximate surface area is 145 Å².